The monoisotopic (exact) mass is 1970 g/mol. The molecule has 138 heavy (non-hydrogen) atoms. The molecular weight excluding hydrogens is 1870 g/mol. The molecule has 3 aliphatic rings. The molecule has 3 fully saturated rings. The number of rotatable bonds is 34. The van der Waals surface area contributed by atoms with Crippen LogP contribution in [-0.2, 0) is 45.1 Å². The summed E-state index contributed by atoms with van der Waals surface area (Å²) in [7, 11) is 4.25. The summed E-state index contributed by atoms with van der Waals surface area (Å²) >= 11 is 17.6. The second-order valence-electron chi connectivity index (χ2n) is 33.7. The number of nitrogens with one attached hydrogen (secondary N) is 9. The molecule has 0 bridgehead atoms. The molecule has 0 amide bonds. The summed E-state index contributed by atoms with van der Waals surface area (Å²) in [6.07, 6.45) is 21.4. The Morgan fingerprint density at radius 3 is 1.10 bits per heavy atom. The lowest BCUT2D eigenvalue weighted by Gasteiger charge is -2.25. The fourth-order valence-corrected chi connectivity index (χ4v) is 19.3. The number of aliphatic hydroxyl groups excluding tert-OH is 2. The molecule has 710 valence electrons. The van der Waals surface area contributed by atoms with Crippen molar-refractivity contribution in [3.63, 3.8) is 0 Å². The van der Waals surface area contributed by atoms with E-state index in [1.807, 2.05) is 128 Å². The van der Waals surface area contributed by atoms with E-state index in [4.69, 9.17) is 55.0 Å². The van der Waals surface area contributed by atoms with E-state index in [0.717, 1.165) is 153 Å². The number of aromatic nitrogens is 12. The highest BCUT2D eigenvalue weighted by molar-refractivity contribution is 7.24. The Kier molecular flexibility index (Phi) is 33.5. The van der Waals surface area contributed by atoms with E-state index >= 15 is 0 Å². The summed E-state index contributed by atoms with van der Waals surface area (Å²) in [5.74, 6) is 6.39. The van der Waals surface area contributed by atoms with Gasteiger partial charge in [0, 0.05) is 129 Å². The first-order valence-corrected chi connectivity index (χ1v) is 48.7. The maximum absolute atomic E-state index is 13.5. The van der Waals surface area contributed by atoms with E-state index in [-0.39, 0.29) is 16.1 Å². The zero-order valence-corrected chi connectivity index (χ0v) is 81.1. The van der Waals surface area contributed by atoms with Gasteiger partial charge in [-0.2, -0.15) is 19.9 Å². The van der Waals surface area contributed by atoms with Crippen LogP contribution in [0, 0.1) is 36.3 Å². The van der Waals surface area contributed by atoms with Crippen molar-refractivity contribution < 1.29 is 37.9 Å². The van der Waals surface area contributed by atoms with Gasteiger partial charge in [-0.05, 0) is 211 Å². The first kappa shape index (κ1) is 98.3. The summed E-state index contributed by atoms with van der Waals surface area (Å²) in [5.41, 5.74) is 15.4. The van der Waals surface area contributed by atoms with E-state index in [2.05, 4.69) is 180 Å². The Morgan fingerprint density at radius 1 is 0.442 bits per heavy atom. The predicted octanol–water partition coefficient (Wildman–Crippen LogP) is 20.9. The number of thiazole rings is 4. The van der Waals surface area contributed by atoms with Gasteiger partial charge in [0.15, 0.2) is 72.2 Å². The van der Waals surface area contributed by atoms with Gasteiger partial charge in [0.1, 0.15) is 55.7 Å². The minimum absolute atomic E-state index is 0.0449. The van der Waals surface area contributed by atoms with Gasteiger partial charge in [0.25, 0.3) is 0 Å². The number of likely N-dealkylation sites (N-methyl/N-ethyl adjacent to an activating group) is 2. The number of terminal acetylenes is 2. The summed E-state index contributed by atoms with van der Waals surface area (Å²) in [6, 6.07) is 57.0. The van der Waals surface area contributed by atoms with Gasteiger partial charge in [-0.25, -0.2) is 48.7 Å². The fourth-order valence-electron chi connectivity index (χ4n) is 15.4. The van der Waals surface area contributed by atoms with Gasteiger partial charge >= 0.3 is 0 Å². The standard InChI is InChI=1S/C26H26N6O2S.C26H28N6O2S.2C24H24ClFN6OS/c1-4-17-6-5-7-20(12-17)30-23-22-24(29-16-28-23)32-25(35-22)31-19-10-8-18(9-11-19)13-27-14-21-15-33-26(2,3)34-21;1-4-19-6-5-7-22(12-19)29-24-23-25(28-16-27-24)31-26(35-23)30-21-10-8-20(9-11-21)15-32(13-17(2)33)14-18(3)34;2*1-32(13-18-3-2-10-33-18)12-15-4-6-16(7-5-15)30-24-31-23-21(34-24)22(27-14-28-23)29-17-8-9-20(26)19(25)11-17/h1,5-12,16,21,27H,13-15H2,2-3H3,(H2,28,29,30,31,32);1,5-12,16-18,33-34H,13-15H2,2-3H3,(H2,27,28,29,30,31);2*4-9,11,14,18H,2-3,10,12-13H2,1H3,(H2,27,28,29,30,31)/t;;2*18-/m..10/s1. The van der Waals surface area contributed by atoms with E-state index < -0.39 is 29.6 Å². The van der Waals surface area contributed by atoms with Gasteiger partial charge in [0.2, 0.25) is 0 Å². The van der Waals surface area contributed by atoms with Crippen molar-refractivity contribution in [1.82, 2.24) is 79.8 Å². The molecule has 5 atom stereocenters. The van der Waals surface area contributed by atoms with Crippen molar-refractivity contribution in [2.24, 2.45) is 0 Å². The third kappa shape index (κ3) is 28.0. The van der Waals surface area contributed by atoms with Crippen LogP contribution in [-0.4, -0.2) is 188 Å². The molecule has 19 rings (SSSR count). The number of aliphatic hydroxyl groups is 2. The highest BCUT2D eigenvalue weighted by Crippen LogP contribution is 2.40. The third-order valence-corrected chi connectivity index (χ3v) is 26.2. The van der Waals surface area contributed by atoms with Gasteiger partial charge in [-0.3, -0.25) is 14.7 Å². The van der Waals surface area contributed by atoms with Crippen molar-refractivity contribution in [2.75, 3.05) is 109 Å². The number of nitrogens with zero attached hydrogens (tertiary/aromatic N) is 15. The molecule has 11 heterocycles. The molecule has 0 saturated carbocycles. The van der Waals surface area contributed by atoms with Crippen LogP contribution in [0.2, 0.25) is 10.0 Å². The first-order valence-electron chi connectivity index (χ1n) is 44.7. The van der Waals surface area contributed by atoms with E-state index in [1.54, 1.807) is 26.0 Å². The molecule has 3 aliphatic heterocycles. The number of benzene rings is 8. The minimum atomic E-state index is -0.490. The largest absolute Gasteiger partial charge is 0.392 e. The topological polar surface area (TPSA) is 350 Å². The second-order valence-corrected chi connectivity index (χ2v) is 38.5. The van der Waals surface area contributed by atoms with Crippen molar-refractivity contribution in [2.45, 2.75) is 116 Å². The molecule has 0 aliphatic carbocycles. The Labute approximate surface area is 823 Å². The van der Waals surface area contributed by atoms with Crippen LogP contribution < -0.4 is 47.9 Å². The summed E-state index contributed by atoms with van der Waals surface area (Å²) < 4.78 is 53.1. The lowest BCUT2D eigenvalue weighted by Crippen LogP contribution is -2.35. The molecule has 8 aromatic carbocycles. The molecule has 30 nitrogen and oxygen atoms in total. The molecule has 38 heteroatoms. The quantitative estimate of drug-likeness (QED) is 0.0167. The lowest BCUT2D eigenvalue weighted by atomic mass is 10.1. The molecule has 16 aromatic rings. The number of anilines is 16. The van der Waals surface area contributed by atoms with Gasteiger partial charge in [-0.1, -0.05) is 141 Å². The van der Waals surface area contributed by atoms with Crippen molar-refractivity contribution in [3.05, 3.63) is 262 Å². The number of hydrogen-bond acceptors (Lipinski definition) is 34. The average Bonchev–Trinajstić information content (AvgIpc) is 1.67. The molecule has 3 saturated heterocycles. The smallest absolute Gasteiger partial charge is 0.189 e. The lowest BCUT2D eigenvalue weighted by molar-refractivity contribution is -0.137. The Bertz CT molecular complexity index is 6660. The minimum Gasteiger partial charge on any atom is -0.392 e. The zero-order chi connectivity index (χ0) is 96.0. The molecular formula is C100H102Cl2F2N24O6S4. The van der Waals surface area contributed by atoms with Crippen molar-refractivity contribution in [1.29, 1.82) is 0 Å². The van der Waals surface area contributed by atoms with Crippen LogP contribution >= 0.6 is 68.5 Å². The molecule has 0 radical (unpaired) electrons. The predicted molar refractivity (Wildman–Crippen MR) is 550 cm³/mol. The Morgan fingerprint density at radius 2 is 0.783 bits per heavy atom. The van der Waals surface area contributed by atoms with Gasteiger partial charge in [0.05, 0.1) is 47.2 Å². The van der Waals surface area contributed by atoms with Gasteiger partial charge < -0.3 is 77.0 Å². The highest BCUT2D eigenvalue weighted by atomic mass is 35.5. The molecule has 3 unspecified atom stereocenters. The molecule has 11 N–H and O–H groups in total. The number of halogens is 4. The SMILES string of the molecule is C#Cc1cccc(Nc2ncnc3nc(Nc4ccc(CN(CC(C)O)CC(C)O)cc4)sc23)c1.C#Cc1cccc(Nc2ncnc3nc(Nc4ccc(CNCC5COC(C)(C)O5)cc4)sc23)c1.CN(Cc1ccc(Nc2nc3ncnc(Nc4ccc(F)c(Cl)c4)c3s2)cc1)C[C@@H]1CCCO1.CN(Cc1ccc(Nc2nc3ncnc(Nc4ccc(F)c(Cl)c4)c3s2)cc1)C[C@H]1CCCO1. The number of ether oxygens (including phenoxy) is 4. The second kappa shape index (κ2) is 47.0. The maximum atomic E-state index is 13.5. The summed E-state index contributed by atoms with van der Waals surface area (Å²) in [4.78, 5) is 59.6. The number of hydrogen-bond donors (Lipinski definition) is 11. The summed E-state index contributed by atoms with van der Waals surface area (Å²) in [6.45, 7) is 16.6. The van der Waals surface area contributed by atoms with Crippen LogP contribution in [0.5, 0.6) is 0 Å². The van der Waals surface area contributed by atoms with E-state index in [1.165, 1.54) is 112 Å². The van der Waals surface area contributed by atoms with Crippen molar-refractivity contribution >= 4 is 199 Å². The van der Waals surface area contributed by atoms with Crippen LogP contribution in [0.25, 0.3) is 41.4 Å². The van der Waals surface area contributed by atoms with Crippen molar-refractivity contribution in [3.8, 4) is 24.7 Å². The Hall–Kier alpha value is -12.8. The highest BCUT2D eigenvalue weighted by Gasteiger charge is 2.32. The van der Waals surface area contributed by atoms with E-state index in [9.17, 15) is 19.0 Å². The maximum Gasteiger partial charge on any atom is 0.189 e. The zero-order valence-electron chi connectivity index (χ0n) is 76.4. The first-order chi connectivity index (χ1) is 66.9. The van der Waals surface area contributed by atoms with Crippen LogP contribution in [0.4, 0.5) is 98.1 Å². The molecule has 0 spiro atoms. The fraction of sp³-hybridized carbons (Fsp3) is 0.280. The average molecular weight is 1970 g/mol. The normalized spacial score (nSPS) is 15.3. The van der Waals surface area contributed by atoms with Crippen LogP contribution in [0.1, 0.15) is 86.8 Å². The molecule has 8 aromatic heterocycles. The Balaban J connectivity index is 0.000000133. The number of fused-ring (bicyclic) bond motifs is 4. The summed E-state index contributed by atoms with van der Waals surface area (Å²) in [5, 5.41) is 52.3. The van der Waals surface area contributed by atoms with Crippen LogP contribution in [0.3, 0.4) is 0 Å². The van der Waals surface area contributed by atoms with Crippen LogP contribution in [0.15, 0.2) is 207 Å². The third-order valence-electron chi connectivity index (χ3n) is 21.7. The van der Waals surface area contributed by atoms with Gasteiger partial charge in [-0.15, -0.1) is 12.8 Å². The van der Waals surface area contributed by atoms with E-state index in [0.29, 0.717) is 111 Å².